The summed E-state index contributed by atoms with van der Waals surface area (Å²) in [6.07, 6.45) is 4.99. The van der Waals surface area contributed by atoms with Gasteiger partial charge in [0, 0.05) is 24.0 Å². The second-order valence-corrected chi connectivity index (χ2v) is 5.37. The van der Waals surface area contributed by atoms with Crippen molar-refractivity contribution in [2.24, 2.45) is 10.9 Å². The Hall–Kier alpha value is -2.90. The Morgan fingerprint density at radius 3 is 2.95 bits per heavy atom. The van der Waals surface area contributed by atoms with Gasteiger partial charge in [-0.15, -0.1) is 0 Å². The zero-order chi connectivity index (χ0) is 15.7. The summed E-state index contributed by atoms with van der Waals surface area (Å²) in [5.74, 6) is 0.237. The lowest BCUT2D eigenvalue weighted by Gasteiger charge is -1.97. The maximum atomic E-state index is 11.2. The van der Waals surface area contributed by atoms with Gasteiger partial charge in [0.1, 0.15) is 5.69 Å². The number of nitrogens with zero attached hydrogens (tertiary/aromatic N) is 4. The van der Waals surface area contributed by atoms with Crippen LogP contribution in [0, 0.1) is 5.92 Å². The van der Waals surface area contributed by atoms with Gasteiger partial charge in [0.15, 0.2) is 11.1 Å². The summed E-state index contributed by atoms with van der Waals surface area (Å²) in [7, 11) is 0. The van der Waals surface area contributed by atoms with Gasteiger partial charge in [-0.3, -0.25) is 9.98 Å². The number of aromatic nitrogens is 5. The molecule has 0 amide bonds. The van der Waals surface area contributed by atoms with Crippen LogP contribution in [0.1, 0.15) is 19.5 Å². The highest BCUT2D eigenvalue weighted by Crippen LogP contribution is 2.07. The Morgan fingerprint density at radius 1 is 1.45 bits per heavy atom. The van der Waals surface area contributed by atoms with E-state index >= 15 is 0 Å². The van der Waals surface area contributed by atoms with Gasteiger partial charge in [0.25, 0.3) is 0 Å². The summed E-state index contributed by atoms with van der Waals surface area (Å²) in [4.78, 5) is 24.8. The van der Waals surface area contributed by atoms with Crippen LogP contribution in [0.2, 0.25) is 0 Å². The van der Waals surface area contributed by atoms with E-state index in [0.29, 0.717) is 28.8 Å². The minimum absolute atomic E-state index is 0.218. The number of nitrogens with one attached hydrogen (secondary N) is 2. The summed E-state index contributed by atoms with van der Waals surface area (Å²) in [5, 5.41) is 14.5. The Balaban J connectivity index is 2.14. The van der Waals surface area contributed by atoms with Crippen LogP contribution in [0.5, 0.6) is 5.88 Å². The van der Waals surface area contributed by atoms with E-state index in [-0.39, 0.29) is 11.6 Å². The molecule has 0 bridgehead atoms. The van der Waals surface area contributed by atoms with Crippen LogP contribution < -0.4 is 16.4 Å². The van der Waals surface area contributed by atoms with Gasteiger partial charge in [-0.05, 0) is 12.0 Å². The summed E-state index contributed by atoms with van der Waals surface area (Å²) >= 11 is 0. The van der Waals surface area contributed by atoms with Crippen LogP contribution in [0.25, 0.3) is 11.7 Å². The highest BCUT2D eigenvalue weighted by atomic mass is 16.3. The van der Waals surface area contributed by atoms with Crippen molar-refractivity contribution in [2.45, 2.75) is 13.8 Å². The van der Waals surface area contributed by atoms with Crippen LogP contribution in [0.15, 0.2) is 28.2 Å². The molecule has 8 heteroatoms. The van der Waals surface area contributed by atoms with Gasteiger partial charge < -0.3 is 10.1 Å². The smallest absolute Gasteiger partial charge is 0.326 e. The molecule has 0 radical (unpaired) electrons. The molecule has 0 saturated heterocycles. The zero-order valence-electron chi connectivity index (χ0n) is 12.2. The van der Waals surface area contributed by atoms with E-state index in [2.05, 4.69) is 38.9 Å². The van der Waals surface area contributed by atoms with E-state index in [4.69, 9.17) is 0 Å². The second kappa shape index (κ2) is 5.47. The highest BCUT2D eigenvalue weighted by molar-refractivity contribution is 5.56. The molecule has 3 rings (SSSR count). The molecule has 0 aliphatic heterocycles. The molecule has 3 aromatic rings. The number of aromatic hydroxyl groups is 1. The summed E-state index contributed by atoms with van der Waals surface area (Å²) in [6.45, 7) is 4.87. The maximum absolute atomic E-state index is 11.2. The van der Waals surface area contributed by atoms with Crippen LogP contribution in [0.3, 0.4) is 0 Å². The Labute approximate surface area is 124 Å². The van der Waals surface area contributed by atoms with Crippen molar-refractivity contribution in [1.29, 1.82) is 0 Å². The lowest BCUT2D eigenvalue weighted by molar-refractivity contribution is 0.454. The molecule has 114 valence electrons. The first kappa shape index (κ1) is 14.1. The van der Waals surface area contributed by atoms with Crippen molar-refractivity contribution in [3.05, 3.63) is 45.3 Å². The third-order valence-electron chi connectivity index (χ3n) is 3.04. The van der Waals surface area contributed by atoms with Gasteiger partial charge in [0.05, 0.1) is 6.20 Å². The van der Waals surface area contributed by atoms with Crippen molar-refractivity contribution in [3.63, 3.8) is 0 Å². The van der Waals surface area contributed by atoms with E-state index in [1.165, 1.54) is 0 Å². The predicted molar refractivity (Wildman–Crippen MR) is 80.1 cm³/mol. The van der Waals surface area contributed by atoms with Crippen LogP contribution in [-0.4, -0.2) is 36.2 Å². The topological polar surface area (TPSA) is 111 Å². The first-order chi connectivity index (χ1) is 10.5. The predicted octanol–water partition coefficient (Wildman–Crippen LogP) is -0.444. The number of hydrogen-bond donors (Lipinski definition) is 3. The molecule has 0 aromatic carbocycles. The highest BCUT2D eigenvalue weighted by Gasteiger charge is 2.04. The van der Waals surface area contributed by atoms with Gasteiger partial charge in [0.2, 0.25) is 5.88 Å². The normalized spacial score (nSPS) is 13.6. The molecule has 0 fully saturated rings. The third kappa shape index (κ3) is 2.76. The number of fused-ring (bicyclic) bond motifs is 1. The van der Waals surface area contributed by atoms with Gasteiger partial charge in [-0.25, -0.2) is 14.3 Å². The van der Waals surface area contributed by atoms with Gasteiger partial charge >= 0.3 is 5.69 Å². The Kier molecular flexibility index (Phi) is 3.50. The van der Waals surface area contributed by atoms with Crippen LogP contribution in [0.4, 0.5) is 0 Å². The number of hydrogen-bond acceptors (Lipinski definition) is 5. The summed E-state index contributed by atoms with van der Waals surface area (Å²) in [5.41, 5.74) is 1.04. The van der Waals surface area contributed by atoms with E-state index in [0.717, 1.165) is 0 Å². The summed E-state index contributed by atoms with van der Waals surface area (Å²) < 4.78 is 1.61. The van der Waals surface area contributed by atoms with Crippen molar-refractivity contribution in [2.75, 3.05) is 6.54 Å². The summed E-state index contributed by atoms with van der Waals surface area (Å²) in [6, 6.07) is 1.79. The molecule has 22 heavy (non-hydrogen) atoms. The SMILES string of the molecule is CC(C)CN=c1ccn2nc/c(=C/c3[nH]c(=O)[nH]c3O)c2n1. The van der Waals surface area contributed by atoms with Crippen molar-refractivity contribution in [3.8, 4) is 5.88 Å². The monoisotopic (exact) mass is 300 g/mol. The maximum Gasteiger partial charge on any atom is 0.326 e. The van der Waals surface area contributed by atoms with Gasteiger partial charge in [-0.1, -0.05) is 13.8 Å². The largest absolute Gasteiger partial charge is 0.493 e. The average Bonchev–Trinajstić information content (AvgIpc) is 3.00. The molecule has 3 aromatic heterocycles. The number of H-pyrrole nitrogens is 2. The first-order valence-electron chi connectivity index (χ1n) is 6.91. The fraction of sp³-hybridized carbons (Fsp3) is 0.286. The minimum atomic E-state index is -0.471. The van der Waals surface area contributed by atoms with E-state index in [1.54, 1.807) is 29.1 Å². The molecule has 0 atom stereocenters. The molecule has 0 spiro atoms. The molecule has 8 nitrogen and oxygen atoms in total. The molecule has 3 heterocycles. The lowest BCUT2D eigenvalue weighted by atomic mass is 10.2. The number of imidazole rings is 1. The van der Waals surface area contributed by atoms with Gasteiger partial charge in [-0.2, -0.15) is 5.10 Å². The number of rotatable bonds is 3. The Bertz CT molecular complexity index is 979. The quantitative estimate of drug-likeness (QED) is 0.608. The average molecular weight is 300 g/mol. The van der Waals surface area contributed by atoms with Crippen molar-refractivity contribution >= 4 is 11.7 Å². The lowest BCUT2D eigenvalue weighted by Crippen LogP contribution is -2.14. The molecule has 3 N–H and O–H groups in total. The molecular formula is C14H16N6O2. The third-order valence-corrected chi connectivity index (χ3v) is 3.04. The Morgan fingerprint density at radius 2 is 2.27 bits per heavy atom. The molecule has 0 saturated carbocycles. The van der Waals surface area contributed by atoms with Crippen LogP contribution in [-0.2, 0) is 0 Å². The second-order valence-electron chi connectivity index (χ2n) is 5.37. The van der Waals surface area contributed by atoms with Crippen LogP contribution >= 0.6 is 0 Å². The zero-order valence-corrected chi connectivity index (χ0v) is 12.2. The van der Waals surface area contributed by atoms with E-state index in [1.807, 2.05) is 0 Å². The molecule has 0 aliphatic carbocycles. The minimum Gasteiger partial charge on any atom is -0.493 e. The first-order valence-corrected chi connectivity index (χ1v) is 6.91. The van der Waals surface area contributed by atoms with E-state index in [9.17, 15) is 9.90 Å². The molecule has 0 unspecified atom stereocenters. The number of aromatic amines is 2. The standard InChI is InChI=1S/C14H16N6O2/c1-8(2)6-15-11-3-4-20-12(18-11)9(7-16-20)5-10-13(21)19-14(22)17-10/h3-5,7-8,21H,6H2,1-2H3,(H2,17,19,22)/b9-5-,15-11?. The van der Waals surface area contributed by atoms with Crippen molar-refractivity contribution in [1.82, 2.24) is 24.6 Å². The fourth-order valence-corrected chi connectivity index (χ4v) is 1.99. The fourth-order valence-electron chi connectivity index (χ4n) is 1.99. The molecular weight excluding hydrogens is 284 g/mol. The van der Waals surface area contributed by atoms with E-state index < -0.39 is 5.69 Å². The van der Waals surface area contributed by atoms with Crippen molar-refractivity contribution < 1.29 is 5.11 Å². The molecule has 0 aliphatic rings.